The molecule has 1 aromatic rings. The highest BCUT2D eigenvalue weighted by Crippen LogP contribution is 2.22. The molecule has 0 saturated carbocycles. The molecule has 1 rings (SSSR count). The summed E-state index contributed by atoms with van der Waals surface area (Å²) >= 11 is 5.66. The van der Waals surface area contributed by atoms with Gasteiger partial charge in [0.1, 0.15) is 0 Å². The molecule has 5 nitrogen and oxygen atoms in total. The molecule has 0 atom stereocenters. The summed E-state index contributed by atoms with van der Waals surface area (Å²) in [5.74, 6) is 5.90. The van der Waals surface area contributed by atoms with E-state index >= 15 is 0 Å². The lowest BCUT2D eigenvalue weighted by atomic mass is 10.3. The molecule has 7 heteroatoms. The Labute approximate surface area is 122 Å². The first kappa shape index (κ1) is 14.7. The van der Waals surface area contributed by atoms with E-state index in [4.69, 9.17) is 10.6 Å². The van der Waals surface area contributed by atoms with Crippen LogP contribution in [0.3, 0.4) is 0 Å². The molecule has 0 amide bonds. The maximum absolute atomic E-state index is 5.39. The van der Waals surface area contributed by atoms with E-state index in [1.807, 2.05) is 18.2 Å². The van der Waals surface area contributed by atoms with Crippen LogP contribution in [-0.2, 0) is 4.74 Å². The van der Waals surface area contributed by atoms with Gasteiger partial charge >= 0.3 is 0 Å². The van der Waals surface area contributed by atoms with Gasteiger partial charge in [-0.05, 0) is 40.8 Å². The molecule has 0 saturated heterocycles. The number of nitrogens with two attached hydrogens (primary N) is 1. The molecule has 0 bridgehead atoms. The van der Waals surface area contributed by atoms with Gasteiger partial charge < -0.3 is 10.1 Å². The maximum Gasteiger partial charge on any atom is 0.210 e. The fourth-order valence-electron chi connectivity index (χ4n) is 1.09. The van der Waals surface area contributed by atoms with Crippen molar-refractivity contribution in [2.24, 2.45) is 10.8 Å². The molecule has 0 spiro atoms. The van der Waals surface area contributed by atoms with Crippen molar-refractivity contribution in [2.45, 2.75) is 0 Å². The van der Waals surface area contributed by atoms with E-state index in [0.717, 1.165) is 13.7 Å². The first-order valence-corrected chi connectivity index (χ1v) is 6.76. The minimum absolute atomic E-state index is 0.512. The summed E-state index contributed by atoms with van der Waals surface area (Å²) in [6.07, 6.45) is 0. The van der Waals surface area contributed by atoms with Crippen molar-refractivity contribution in [1.29, 1.82) is 0 Å². The van der Waals surface area contributed by atoms with Crippen LogP contribution >= 0.6 is 38.5 Å². The smallest absolute Gasteiger partial charge is 0.210 e. The van der Waals surface area contributed by atoms with Gasteiger partial charge in [-0.3, -0.25) is 5.43 Å². The number of halogens is 2. The number of rotatable bonds is 4. The highest BCUT2D eigenvalue weighted by Gasteiger charge is 2.03. The Bertz CT molecular complexity index is 400. The molecule has 17 heavy (non-hydrogen) atoms. The Morgan fingerprint density at radius 2 is 2.35 bits per heavy atom. The van der Waals surface area contributed by atoms with E-state index in [9.17, 15) is 0 Å². The van der Waals surface area contributed by atoms with Crippen LogP contribution in [0, 0.1) is 3.57 Å². The highest BCUT2D eigenvalue weighted by atomic mass is 127. The highest BCUT2D eigenvalue weighted by molar-refractivity contribution is 14.1. The Balaban J connectivity index is 2.73. The van der Waals surface area contributed by atoms with E-state index in [1.54, 1.807) is 7.11 Å². The molecule has 0 aliphatic rings. The van der Waals surface area contributed by atoms with Gasteiger partial charge in [-0.15, -0.1) is 0 Å². The molecular weight excluding hydrogens is 399 g/mol. The number of anilines is 1. The molecule has 0 radical (unpaired) electrons. The number of aliphatic imine (C=N–C) groups is 1. The number of hydrogen-bond donors (Lipinski definition) is 3. The van der Waals surface area contributed by atoms with Crippen LogP contribution in [0.15, 0.2) is 27.7 Å². The molecule has 0 aliphatic carbocycles. The van der Waals surface area contributed by atoms with Gasteiger partial charge in [0.05, 0.1) is 18.8 Å². The van der Waals surface area contributed by atoms with Gasteiger partial charge in [0.15, 0.2) is 0 Å². The van der Waals surface area contributed by atoms with Gasteiger partial charge in [-0.1, -0.05) is 15.9 Å². The minimum Gasteiger partial charge on any atom is -0.383 e. The number of nitrogens with zero attached hydrogens (tertiary/aromatic N) is 1. The van der Waals surface area contributed by atoms with Crippen LogP contribution in [0.2, 0.25) is 0 Å². The topological polar surface area (TPSA) is 71.7 Å². The molecule has 0 aromatic heterocycles. The average molecular weight is 413 g/mol. The summed E-state index contributed by atoms with van der Waals surface area (Å²) in [5, 5.41) is 3.12. The van der Waals surface area contributed by atoms with Crippen LogP contribution < -0.4 is 16.6 Å². The van der Waals surface area contributed by atoms with Crippen LogP contribution in [0.25, 0.3) is 0 Å². The third-order valence-corrected chi connectivity index (χ3v) is 3.32. The van der Waals surface area contributed by atoms with E-state index in [-0.39, 0.29) is 0 Å². The second-order valence-electron chi connectivity index (χ2n) is 3.12. The van der Waals surface area contributed by atoms with Crippen molar-refractivity contribution in [3.05, 3.63) is 26.2 Å². The molecular formula is C10H14BrIN4O. The Kier molecular flexibility index (Phi) is 6.78. The van der Waals surface area contributed by atoms with Gasteiger partial charge in [-0.2, -0.15) is 0 Å². The van der Waals surface area contributed by atoms with E-state index in [1.165, 1.54) is 0 Å². The minimum atomic E-state index is 0.512. The number of benzene rings is 1. The lowest BCUT2D eigenvalue weighted by molar-refractivity contribution is 0.208. The zero-order chi connectivity index (χ0) is 12.7. The summed E-state index contributed by atoms with van der Waals surface area (Å²) in [4.78, 5) is 4.22. The Hall–Kier alpha value is -0.380. The zero-order valence-corrected chi connectivity index (χ0v) is 13.1. The van der Waals surface area contributed by atoms with Crippen molar-refractivity contribution >= 4 is 50.2 Å². The van der Waals surface area contributed by atoms with Crippen LogP contribution in [0.4, 0.5) is 5.69 Å². The van der Waals surface area contributed by atoms with E-state index < -0.39 is 0 Å². The Morgan fingerprint density at radius 1 is 1.59 bits per heavy atom. The van der Waals surface area contributed by atoms with Crippen LogP contribution in [-0.4, -0.2) is 26.2 Å². The summed E-state index contributed by atoms with van der Waals surface area (Å²) in [7, 11) is 1.63. The van der Waals surface area contributed by atoms with Crippen LogP contribution in [0.1, 0.15) is 0 Å². The standard InChI is InChI=1S/C10H14BrIN4O/c1-17-5-4-14-10(16-13)15-9-6-7(11)2-3-8(9)12/h2-3,6H,4-5,13H2,1H3,(H2,14,15,16). The third kappa shape index (κ3) is 5.19. The largest absolute Gasteiger partial charge is 0.383 e. The normalized spacial score (nSPS) is 11.4. The predicted octanol–water partition coefficient (Wildman–Crippen LogP) is 1.93. The monoisotopic (exact) mass is 412 g/mol. The van der Waals surface area contributed by atoms with Crippen molar-refractivity contribution in [1.82, 2.24) is 5.43 Å². The molecule has 0 unspecified atom stereocenters. The predicted molar refractivity (Wildman–Crippen MR) is 82.0 cm³/mol. The summed E-state index contributed by atoms with van der Waals surface area (Å²) in [6, 6.07) is 5.94. The van der Waals surface area contributed by atoms with Gasteiger partial charge in [0.25, 0.3) is 0 Å². The second-order valence-corrected chi connectivity index (χ2v) is 5.19. The Morgan fingerprint density at radius 3 is 3.00 bits per heavy atom. The number of hydrogen-bond acceptors (Lipinski definition) is 3. The molecule has 4 N–H and O–H groups in total. The third-order valence-electron chi connectivity index (χ3n) is 1.88. The molecule has 1 aromatic carbocycles. The quantitative estimate of drug-likeness (QED) is 0.176. The van der Waals surface area contributed by atoms with Gasteiger partial charge in [0.2, 0.25) is 5.96 Å². The molecule has 0 aliphatic heterocycles. The lowest BCUT2D eigenvalue weighted by Gasteiger charge is -2.11. The van der Waals surface area contributed by atoms with Crippen molar-refractivity contribution in [3.8, 4) is 0 Å². The van der Waals surface area contributed by atoms with Gasteiger partial charge in [-0.25, -0.2) is 10.8 Å². The number of methoxy groups -OCH3 is 1. The fraction of sp³-hybridized carbons (Fsp3) is 0.300. The summed E-state index contributed by atoms with van der Waals surface area (Å²) in [5.41, 5.74) is 3.46. The molecule has 94 valence electrons. The summed E-state index contributed by atoms with van der Waals surface area (Å²) < 4.78 is 7.00. The summed E-state index contributed by atoms with van der Waals surface area (Å²) in [6.45, 7) is 1.11. The van der Waals surface area contributed by atoms with Crippen LogP contribution in [0.5, 0.6) is 0 Å². The average Bonchev–Trinajstić information content (AvgIpc) is 2.32. The number of guanidine groups is 1. The van der Waals surface area contributed by atoms with E-state index in [0.29, 0.717) is 19.1 Å². The number of nitrogens with one attached hydrogen (secondary N) is 2. The maximum atomic E-state index is 5.39. The number of ether oxygens (including phenoxy) is 1. The molecule has 0 fully saturated rings. The first-order valence-electron chi connectivity index (χ1n) is 4.89. The van der Waals surface area contributed by atoms with Crippen molar-refractivity contribution < 1.29 is 4.74 Å². The lowest BCUT2D eigenvalue weighted by Crippen LogP contribution is -2.36. The van der Waals surface area contributed by atoms with Crippen molar-refractivity contribution in [2.75, 3.05) is 25.6 Å². The zero-order valence-electron chi connectivity index (χ0n) is 9.34. The van der Waals surface area contributed by atoms with E-state index in [2.05, 4.69) is 54.3 Å². The van der Waals surface area contributed by atoms with Gasteiger partial charge in [0, 0.05) is 15.2 Å². The second kappa shape index (κ2) is 7.85. The molecule has 0 heterocycles. The SMILES string of the molecule is COCCN=C(NN)Nc1cc(Br)ccc1I. The van der Waals surface area contributed by atoms with Crippen molar-refractivity contribution in [3.63, 3.8) is 0 Å². The first-order chi connectivity index (χ1) is 8.17. The number of hydrazine groups is 1. The fourth-order valence-corrected chi connectivity index (χ4v) is 1.92.